The minimum atomic E-state index is -0.219. The molecule has 0 saturated carbocycles. The molecule has 4 heterocycles. The molecule has 194 valence electrons. The summed E-state index contributed by atoms with van der Waals surface area (Å²) in [5.41, 5.74) is 4.69. The minimum absolute atomic E-state index is 0.219. The molecule has 0 unspecified atom stereocenters. The molecule has 0 radical (unpaired) electrons. The monoisotopic (exact) mass is 503 g/mol. The summed E-state index contributed by atoms with van der Waals surface area (Å²) in [5.74, 6) is 1.59. The van der Waals surface area contributed by atoms with E-state index in [1.807, 2.05) is 38.1 Å². The lowest BCUT2D eigenvalue weighted by atomic mass is 10.1. The fraction of sp³-hybridized carbons (Fsp3) is 0.370. The van der Waals surface area contributed by atoms with Crippen LogP contribution in [0.2, 0.25) is 0 Å². The number of aryl methyl sites for hydroxylation is 2. The summed E-state index contributed by atoms with van der Waals surface area (Å²) in [5, 5.41) is 6.46. The van der Waals surface area contributed by atoms with Crippen molar-refractivity contribution in [3.63, 3.8) is 0 Å². The predicted octanol–water partition coefficient (Wildman–Crippen LogP) is 3.82. The van der Waals surface area contributed by atoms with E-state index in [1.54, 1.807) is 30.1 Å². The van der Waals surface area contributed by atoms with Gasteiger partial charge in [0.05, 0.1) is 19.2 Å². The summed E-state index contributed by atoms with van der Waals surface area (Å²) in [6.45, 7) is 8.57. The second-order valence-corrected chi connectivity index (χ2v) is 8.71. The van der Waals surface area contributed by atoms with Gasteiger partial charge in [-0.3, -0.25) is 9.36 Å². The van der Waals surface area contributed by atoms with E-state index in [0.29, 0.717) is 49.9 Å². The van der Waals surface area contributed by atoms with E-state index >= 15 is 0 Å². The van der Waals surface area contributed by atoms with Crippen molar-refractivity contribution in [2.45, 2.75) is 33.7 Å². The number of pyridine rings is 3. The molecule has 4 aromatic rings. The Morgan fingerprint density at radius 2 is 1.76 bits per heavy atom. The maximum Gasteiger partial charge on any atom is 0.293 e. The Kier molecular flexibility index (Phi) is 8.63. The molecule has 4 rings (SSSR count). The van der Waals surface area contributed by atoms with E-state index < -0.39 is 0 Å². The molecular formula is C27H33N7O3. The number of ether oxygens (including phenoxy) is 2. The third kappa shape index (κ3) is 6.59. The summed E-state index contributed by atoms with van der Waals surface area (Å²) >= 11 is 0. The van der Waals surface area contributed by atoms with Gasteiger partial charge in [-0.25, -0.2) is 19.9 Å². The average Bonchev–Trinajstić information content (AvgIpc) is 2.89. The Balaban J connectivity index is 1.58. The highest BCUT2D eigenvalue weighted by molar-refractivity contribution is 5.78. The van der Waals surface area contributed by atoms with Crippen molar-refractivity contribution >= 4 is 22.8 Å². The smallest absolute Gasteiger partial charge is 0.293 e. The molecule has 10 nitrogen and oxygen atoms in total. The van der Waals surface area contributed by atoms with Gasteiger partial charge in [-0.05, 0) is 50.1 Å². The third-order valence-electron chi connectivity index (χ3n) is 5.71. The summed E-state index contributed by atoms with van der Waals surface area (Å²) in [6.07, 6.45) is 4.37. The molecule has 0 spiro atoms. The lowest BCUT2D eigenvalue weighted by molar-refractivity contribution is 0.127. The second kappa shape index (κ2) is 12.3. The molecule has 0 atom stereocenters. The van der Waals surface area contributed by atoms with Crippen molar-refractivity contribution in [1.82, 2.24) is 24.5 Å². The SMILES string of the molecule is CCCOCCn1c(=O)c(NCCNc2cc(C)cc(C)n2)nc2ncc(-c3ccc(OC)nc3)cc21. The highest BCUT2D eigenvalue weighted by Gasteiger charge is 2.14. The summed E-state index contributed by atoms with van der Waals surface area (Å²) in [4.78, 5) is 31.3. The highest BCUT2D eigenvalue weighted by Crippen LogP contribution is 2.23. The van der Waals surface area contributed by atoms with Gasteiger partial charge >= 0.3 is 0 Å². The zero-order chi connectivity index (χ0) is 26.2. The number of nitrogens with zero attached hydrogens (tertiary/aromatic N) is 5. The summed E-state index contributed by atoms with van der Waals surface area (Å²) in [7, 11) is 1.58. The van der Waals surface area contributed by atoms with E-state index in [4.69, 9.17) is 9.47 Å². The molecule has 0 aliphatic rings. The maximum absolute atomic E-state index is 13.4. The molecule has 0 saturated heterocycles. The van der Waals surface area contributed by atoms with Gasteiger partial charge in [0.1, 0.15) is 5.82 Å². The summed E-state index contributed by atoms with van der Waals surface area (Å²) in [6, 6.07) is 9.63. The lowest BCUT2D eigenvalue weighted by Gasteiger charge is -2.14. The maximum atomic E-state index is 13.4. The van der Waals surface area contributed by atoms with Gasteiger partial charge in [-0.1, -0.05) is 6.92 Å². The van der Waals surface area contributed by atoms with E-state index in [-0.39, 0.29) is 11.4 Å². The minimum Gasteiger partial charge on any atom is -0.481 e. The predicted molar refractivity (Wildman–Crippen MR) is 145 cm³/mol. The molecule has 0 bridgehead atoms. The number of methoxy groups -OCH3 is 1. The van der Waals surface area contributed by atoms with Gasteiger partial charge in [0.15, 0.2) is 11.5 Å². The number of rotatable bonds is 12. The Bertz CT molecular complexity index is 1380. The van der Waals surface area contributed by atoms with Crippen LogP contribution in [-0.2, 0) is 11.3 Å². The Morgan fingerprint density at radius 3 is 2.49 bits per heavy atom. The average molecular weight is 504 g/mol. The summed E-state index contributed by atoms with van der Waals surface area (Å²) < 4.78 is 12.5. The number of anilines is 2. The number of hydrogen-bond donors (Lipinski definition) is 2. The molecule has 0 aliphatic heterocycles. The van der Waals surface area contributed by atoms with E-state index in [9.17, 15) is 4.79 Å². The van der Waals surface area contributed by atoms with Crippen molar-refractivity contribution in [2.75, 3.05) is 44.0 Å². The number of hydrogen-bond acceptors (Lipinski definition) is 9. The van der Waals surface area contributed by atoms with Crippen LogP contribution in [-0.4, -0.2) is 57.9 Å². The second-order valence-electron chi connectivity index (χ2n) is 8.71. The van der Waals surface area contributed by atoms with Crippen LogP contribution in [0.3, 0.4) is 0 Å². The van der Waals surface area contributed by atoms with Crippen LogP contribution in [0, 0.1) is 13.8 Å². The van der Waals surface area contributed by atoms with Gasteiger partial charge in [0.25, 0.3) is 5.56 Å². The topological polar surface area (TPSA) is 116 Å². The molecule has 0 aliphatic carbocycles. The van der Waals surface area contributed by atoms with Crippen molar-refractivity contribution in [1.29, 1.82) is 0 Å². The van der Waals surface area contributed by atoms with Crippen LogP contribution in [0.5, 0.6) is 5.88 Å². The Hall–Kier alpha value is -4.05. The van der Waals surface area contributed by atoms with Crippen molar-refractivity contribution in [3.8, 4) is 17.0 Å². The zero-order valence-corrected chi connectivity index (χ0v) is 21.7. The first-order chi connectivity index (χ1) is 18.0. The lowest BCUT2D eigenvalue weighted by Crippen LogP contribution is -2.29. The van der Waals surface area contributed by atoms with Crippen molar-refractivity contribution in [2.24, 2.45) is 0 Å². The van der Waals surface area contributed by atoms with Crippen LogP contribution >= 0.6 is 0 Å². The third-order valence-corrected chi connectivity index (χ3v) is 5.71. The van der Waals surface area contributed by atoms with Gasteiger partial charge in [0, 0.05) is 61.5 Å². The molecule has 0 fully saturated rings. The fourth-order valence-corrected chi connectivity index (χ4v) is 3.99. The highest BCUT2D eigenvalue weighted by atomic mass is 16.5. The zero-order valence-electron chi connectivity index (χ0n) is 21.7. The van der Waals surface area contributed by atoms with Gasteiger partial charge in [-0.2, -0.15) is 0 Å². The van der Waals surface area contributed by atoms with Crippen LogP contribution < -0.4 is 20.9 Å². The molecule has 0 aromatic carbocycles. The number of aromatic nitrogens is 5. The first-order valence-corrected chi connectivity index (χ1v) is 12.4. The molecule has 0 amide bonds. The van der Waals surface area contributed by atoms with Gasteiger partial charge in [-0.15, -0.1) is 0 Å². The quantitative estimate of drug-likeness (QED) is 0.278. The standard InChI is InChI=1S/C27H33N7O3/c1-5-11-37-12-10-34-22-15-21(20-6-7-24(36-4)30-16-20)17-31-25(22)33-26(27(34)35)29-9-8-28-23-14-18(2)13-19(3)32-23/h6-7,13-17H,5,8-12H2,1-4H3,(H,28,32)(H,29,31,33). The van der Waals surface area contributed by atoms with E-state index in [1.165, 1.54) is 0 Å². The van der Waals surface area contributed by atoms with Crippen molar-refractivity contribution < 1.29 is 9.47 Å². The molecule has 2 N–H and O–H groups in total. The van der Waals surface area contributed by atoms with Gasteiger partial charge < -0.3 is 20.1 Å². The largest absolute Gasteiger partial charge is 0.481 e. The fourth-order valence-electron chi connectivity index (χ4n) is 3.99. The van der Waals surface area contributed by atoms with Crippen LogP contribution in [0.4, 0.5) is 11.6 Å². The van der Waals surface area contributed by atoms with Crippen LogP contribution in [0.15, 0.2) is 47.5 Å². The number of nitrogens with one attached hydrogen (secondary N) is 2. The van der Waals surface area contributed by atoms with E-state index in [2.05, 4.69) is 37.5 Å². The molecule has 4 aromatic heterocycles. The molecule has 37 heavy (non-hydrogen) atoms. The first kappa shape index (κ1) is 26.0. The Morgan fingerprint density at radius 1 is 0.946 bits per heavy atom. The van der Waals surface area contributed by atoms with Gasteiger partial charge in [0.2, 0.25) is 5.88 Å². The first-order valence-electron chi connectivity index (χ1n) is 12.4. The number of fused-ring (bicyclic) bond motifs is 1. The Labute approximate surface area is 216 Å². The molecule has 10 heteroatoms. The molecular weight excluding hydrogens is 470 g/mol. The van der Waals surface area contributed by atoms with E-state index in [0.717, 1.165) is 34.6 Å². The van der Waals surface area contributed by atoms with Crippen molar-refractivity contribution in [3.05, 3.63) is 64.3 Å². The van der Waals surface area contributed by atoms with Crippen LogP contribution in [0.25, 0.3) is 22.3 Å². The van der Waals surface area contributed by atoms with Crippen LogP contribution in [0.1, 0.15) is 24.6 Å². The normalized spacial score (nSPS) is 11.0.